The van der Waals surface area contributed by atoms with Crippen molar-refractivity contribution >= 4 is 34.1 Å². The van der Waals surface area contributed by atoms with Crippen molar-refractivity contribution in [2.75, 3.05) is 19.0 Å². The van der Waals surface area contributed by atoms with Crippen LogP contribution >= 0.6 is 11.3 Å². The number of thiazole rings is 1. The molecule has 0 bridgehead atoms. The molecule has 1 amide bonds. The molecule has 0 aliphatic heterocycles. The third-order valence-corrected chi connectivity index (χ3v) is 4.07. The summed E-state index contributed by atoms with van der Waals surface area (Å²) in [4.78, 5) is 19.1. The first-order valence-corrected chi connectivity index (χ1v) is 8.00. The lowest BCUT2D eigenvalue weighted by Crippen LogP contribution is -2.19. The molecule has 6 nitrogen and oxygen atoms in total. The molecule has 0 fully saturated rings. The van der Waals surface area contributed by atoms with Crippen LogP contribution in [0.3, 0.4) is 0 Å². The Labute approximate surface area is 138 Å². The number of aromatic nitrogens is 2. The molecule has 0 saturated carbocycles. The maximum absolute atomic E-state index is 11.9. The second-order valence-electron chi connectivity index (χ2n) is 5.28. The smallest absolute Gasteiger partial charge is 0.246 e. The predicted octanol–water partition coefficient (Wildman–Crippen LogP) is 2.15. The van der Waals surface area contributed by atoms with Crippen LogP contribution in [0.2, 0.25) is 0 Å². The monoisotopic (exact) mass is 327 g/mol. The van der Waals surface area contributed by atoms with E-state index in [4.69, 9.17) is 0 Å². The Bertz CT molecular complexity index is 803. The Morgan fingerprint density at radius 2 is 2.17 bits per heavy atom. The van der Waals surface area contributed by atoms with E-state index in [1.54, 1.807) is 17.6 Å². The number of hydrogen-bond donors (Lipinski definition) is 1. The normalized spacial score (nSPS) is 11.2. The second kappa shape index (κ2) is 6.62. The van der Waals surface area contributed by atoms with E-state index in [2.05, 4.69) is 15.5 Å². The Morgan fingerprint density at radius 1 is 1.39 bits per heavy atom. The van der Waals surface area contributed by atoms with Crippen molar-refractivity contribution in [2.24, 2.45) is 5.10 Å². The van der Waals surface area contributed by atoms with Gasteiger partial charge in [-0.3, -0.25) is 9.20 Å². The summed E-state index contributed by atoms with van der Waals surface area (Å²) in [6, 6.07) is 7.91. The van der Waals surface area contributed by atoms with E-state index >= 15 is 0 Å². The zero-order chi connectivity index (χ0) is 16.2. The van der Waals surface area contributed by atoms with Crippen LogP contribution in [0.1, 0.15) is 11.3 Å². The lowest BCUT2D eigenvalue weighted by atomic mass is 10.2. The van der Waals surface area contributed by atoms with Gasteiger partial charge in [-0.05, 0) is 17.7 Å². The third-order valence-electron chi connectivity index (χ3n) is 3.30. The highest BCUT2D eigenvalue weighted by atomic mass is 32.1. The number of imidazole rings is 1. The van der Waals surface area contributed by atoms with Crippen LogP contribution in [0, 0.1) is 0 Å². The van der Waals surface area contributed by atoms with Gasteiger partial charge in [0.15, 0.2) is 4.96 Å². The summed E-state index contributed by atoms with van der Waals surface area (Å²) >= 11 is 1.54. The van der Waals surface area contributed by atoms with E-state index < -0.39 is 0 Å². The van der Waals surface area contributed by atoms with Crippen molar-refractivity contribution in [1.82, 2.24) is 14.8 Å². The van der Waals surface area contributed by atoms with Gasteiger partial charge in [0.25, 0.3) is 0 Å². The van der Waals surface area contributed by atoms with Gasteiger partial charge >= 0.3 is 0 Å². The minimum atomic E-state index is -0.183. The number of carbonyl (C=O) groups is 1. The van der Waals surface area contributed by atoms with Crippen molar-refractivity contribution in [1.29, 1.82) is 0 Å². The van der Waals surface area contributed by atoms with Crippen LogP contribution in [0.25, 0.3) is 4.96 Å². The molecule has 0 aliphatic carbocycles. The molecular formula is C16H17N5OS. The highest BCUT2D eigenvalue weighted by molar-refractivity contribution is 7.15. The van der Waals surface area contributed by atoms with Gasteiger partial charge in [0.05, 0.1) is 18.3 Å². The lowest BCUT2D eigenvalue weighted by Gasteiger charge is -2.11. The van der Waals surface area contributed by atoms with Crippen LogP contribution in [0.15, 0.2) is 47.1 Å². The number of anilines is 1. The molecule has 7 heteroatoms. The first kappa shape index (κ1) is 15.2. The fourth-order valence-electron chi connectivity index (χ4n) is 2.10. The SMILES string of the molecule is CN(C)c1ccc(/C=N/NC(=O)Cc2cn3ccsc3n2)cc1. The van der Waals surface area contributed by atoms with Gasteiger partial charge in [-0.15, -0.1) is 11.3 Å². The number of fused-ring (bicyclic) bond motifs is 1. The van der Waals surface area contributed by atoms with E-state index in [1.807, 2.05) is 65.4 Å². The van der Waals surface area contributed by atoms with E-state index in [1.165, 1.54) is 0 Å². The predicted molar refractivity (Wildman–Crippen MR) is 93.3 cm³/mol. The van der Waals surface area contributed by atoms with Crippen LogP contribution in [0.4, 0.5) is 5.69 Å². The van der Waals surface area contributed by atoms with Gasteiger partial charge in [0.2, 0.25) is 5.91 Å². The molecule has 0 atom stereocenters. The highest BCUT2D eigenvalue weighted by Crippen LogP contribution is 2.12. The minimum Gasteiger partial charge on any atom is -0.378 e. The average molecular weight is 327 g/mol. The van der Waals surface area contributed by atoms with Gasteiger partial charge in [-0.25, -0.2) is 10.4 Å². The molecule has 2 aromatic heterocycles. The number of rotatable bonds is 5. The summed E-state index contributed by atoms with van der Waals surface area (Å²) in [6.45, 7) is 0. The van der Waals surface area contributed by atoms with E-state index in [-0.39, 0.29) is 12.3 Å². The molecule has 0 aliphatic rings. The molecular weight excluding hydrogens is 310 g/mol. The van der Waals surface area contributed by atoms with Crippen molar-refractivity contribution in [3.63, 3.8) is 0 Å². The molecule has 1 aromatic carbocycles. The lowest BCUT2D eigenvalue weighted by molar-refractivity contribution is -0.120. The van der Waals surface area contributed by atoms with E-state index in [9.17, 15) is 4.79 Å². The number of benzene rings is 1. The molecule has 118 valence electrons. The van der Waals surface area contributed by atoms with Gasteiger partial charge in [0, 0.05) is 37.6 Å². The number of hydrogen-bond acceptors (Lipinski definition) is 5. The van der Waals surface area contributed by atoms with Crippen LogP contribution in [-0.2, 0) is 11.2 Å². The maximum atomic E-state index is 11.9. The number of nitrogens with one attached hydrogen (secondary N) is 1. The topological polar surface area (TPSA) is 62.0 Å². The number of carbonyl (C=O) groups excluding carboxylic acids is 1. The fourth-order valence-corrected chi connectivity index (χ4v) is 2.82. The summed E-state index contributed by atoms with van der Waals surface area (Å²) in [5.41, 5.74) is 5.31. The van der Waals surface area contributed by atoms with Gasteiger partial charge < -0.3 is 4.90 Å². The standard InChI is InChI=1S/C16H17N5OS/c1-20(2)14-5-3-12(4-6-14)10-17-19-15(22)9-13-11-21-7-8-23-16(21)18-13/h3-8,10-11H,9H2,1-2H3,(H,19,22)/b17-10+. The number of hydrazone groups is 1. The largest absolute Gasteiger partial charge is 0.378 e. The van der Waals surface area contributed by atoms with Crippen molar-refractivity contribution in [3.8, 4) is 0 Å². The van der Waals surface area contributed by atoms with Gasteiger partial charge in [0.1, 0.15) is 0 Å². The number of nitrogens with zero attached hydrogens (tertiary/aromatic N) is 4. The Hall–Kier alpha value is -2.67. The van der Waals surface area contributed by atoms with E-state index in [0.29, 0.717) is 0 Å². The van der Waals surface area contributed by atoms with E-state index in [0.717, 1.165) is 21.9 Å². The summed E-state index contributed by atoms with van der Waals surface area (Å²) in [5.74, 6) is -0.183. The molecule has 3 rings (SSSR count). The molecule has 0 spiro atoms. The molecule has 2 heterocycles. The molecule has 0 radical (unpaired) electrons. The highest BCUT2D eigenvalue weighted by Gasteiger charge is 2.07. The molecule has 0 unspecified atom stereocenters. The molecule has 23 heavy (non-hydrogen) atoms. The van der Waals surface area contributed by atoms with Crippen LogP contribution in [0.5, 0.6) is 0 Å². The summed E-state index contributed by atoms with van der Waals surface area (Å²) in [6.07, 6.45) is 5.62. The average Bonchev–Trinajstić information content (AvgIpc) is 3.09. The number of amides is 1. The van der Waals surface area contributed by atoms with Crippen molar-refractivity contribution in [3.05, 3.63) is 53.3 Å². The minimum absolute atomic E-state index is 0.183. The maximum Gasteiger partial charge on any atom is 0.246 e. The molecule has 0 saturated heterocycles. The van der Waals surface area contributed by atoms with Gasteiger partial charge in [-0.2, -0.15) is 5.10 Å². The Kier molecular flexibility index (Phi) is 4.38. The fraction of sp³-hybridized carbons (Fsp3) is 0.188. The quantitative estimate of drug-likeness (QED) is 0.577. The molecule has 3 aromatic rings. The molecule has 1 N–H and O–H groups in total. The van der Waals surface area contributed by atoms with Crippen molar-refractivity contribution in [2.45, 2.75) is 6.42 Å². The third kappa shape index (κ3) is 3.75. The Morgan fingerprint density at radius 3 is 2.87 bits per heavy atom. The van der Waals surface area contributed by atoms with Crippen LogP contribution < -0.4 is 10.3 Å². The van der Waals surface area contributed by atoms with Gasteiger partial charge in [-0.1, -0.05) is 12.1 Å². The summed E-state index contributed by atoms with van der Waals surface area (Å²) in [5, 5.41) is 5.94. The van der Waals surface area contributed by atoms with Crippen molar-refractivity contribution < 1.29 is 4.79 Å². The first-order valence-electron chi connectivity index (χ1n) is 7.12. The van der Waals surface area contributed by atoms with Crippen LogP contribution in [-0.4, -0.2) is 35.6 Å². The second-order valence-corrected chi connectivity index (χ2v) is 6.15. The first-order chi connectivity index (χ1) is 11.1. The Balaban J connectivity index is 1.54. The zero-order valence-electron chi connectivity index (χ0n) is 12.9. The summed E-state index contributed by atoms with van der Waals surface area (Å²) in [7, 11) is 3.98. The summed E-state index contributed by atoms with van der Waals surface area (Å²) < 4.78 is 1.91. The zero-order valence-corrected chi connectivity index (χ0v) is 13.7.